The molecule has 1 aliphatic heterocycles. The van der Waals surface area contributed by atoms with Gasteiger partial charge in [-0.25, -0.2) is 9.97 Å². The van der Waals surface area contributed by atoms with Crippen molar-refractivity contribution in [2.45, 2.75) is 32.8 Å². The van der Waals surface area contributed by atoms with E-state index in [1.165, 1.54) is 11.1 Å². The Labute approximate surface area is 141 Å². The van der Waals surface area contributed by atoms with Crippen molar-refractivity contribution < 1.29 is 9.53 Å². The summed E-state index contributed by atoms with van der Waals surface area (Å²) in [6.45, 7) is 5.41. The SMILES string of the molecule is Cc1ccc(Nc2nccc(C(=O)NCC3CCCO3)n2)cc1C. The maximum Gasteiger partial charge on any atom is 0.270 e. The molecule has 1 aliphatic rings. The highest BCUT2D eigenvalue weighted by Crippen LogP contribution is 2.17. The number of rotatable bonds is 5. The van der Waals surface area contributed by atoms with Crippen LogP contribution in [0.15, 0.2) is 30.5 Å². The van der Waals surface area contributed by atoms with Crippen LogP contribution in [-0.4, -0.2) is 35.1 Å². The van der Waals surface area contributed by atoms with Gasteiger partial charge in [-0.05, 0) is 56.0 Å². The summed E-state index contributed by atoms with van der Waals surface area (Å²) in [5.41, 5.74) is 3.65. The van der Waals surface area contributed by atoms with Crippen molar-refractivity contribution in [3.63, 3.8) is 0 Å². The summed E-state index contributed by atoms with van der Waals surface area (Å²) in [6, 6.07) is 7.64. The van der Waals surface area contributed by atoms with Gasteiger partial charge >= 0.3 is 0 Å². The second-order valence-electron chi connectivity index (χ2n) is 6.03. The van der Waals surface area contributed by atoms with Gasteiger partial charge in [0.05, 0.1) is 6.10 Å². The molecule has 3 rings (SSSR count). The van der Waals surface area contributed by atoms with Crippen molar-refractivity contribution in [2.24, 2.45) is 0 Å². The predicted octanol–water partition coefficient (Wildman–Crippen LogP) is 2.75. The summed E-state index contributed by atoms with van der Waals surface area (Å²) < 4.78 is 5.50. The van der Waals surface area contributed by atoms with E-state index < -0.39 is 0 Å². The number of amides is 1. The Balaban J connectivity index is 1.64. The number of benzene rings is 1. The van der Waals surface area contributed by atoms with Crippen molar-refractivity contribution in [1.82, 2.24) is 15.3 Å². The highest BCUT2D eigenvalue weighted by molar-refractivity contribution is 5.92. The number of nitrogens with one attached hydrogen (secondary N) is 2. The van der Waals surface area contributed by atoms with Crippen LogP contribution >= 0.6 is 0 Å². The van der Waals surface area contributed by atoms with Crippen LogP contribution in [0.5, 0.6) is 0 Å². The number of aromatic nitrogens is 2. The molecule has 1 amide bonds. The molecule has 1 aromatic heterocycles. The molecule has 2 N–H and O–H groups in total. The van der Waals surface area contributed by atoms with E-state index in [4.69, 9.17) is 4.74 Å². The van der Waals surface area contributed by atoms with Gasteiger partial charge in [0.15, 0.2) is 0 Å². The van der Waals surface area contributed by atoms with E-state index >= 15 is 0 Å². The molecule has 0 spiro atoms. The molecule has 0 radical (unpaired) electrons. The molecule has 24 heavy (non-hydrogen) atoms. The molecule has 1 saturated heterocycles. The summed E-state index contributed by atoms with van der Waals surface area (Å²) in [5.74, 6) is 0.194. The Morgan fingerprint density at radius 3 is 2.92 bits per heavy atom. The molecule has 1 fully saturated rings. The van der Waals surface area contributed by atoms with Gasteiger partial charge in [0, 0.05) is 25.0 Å². The minimum Gasteiger partial charge on any atom is -0.376 e. The second kappa shape index (κ2) is 7.40. The quantitative estimate of drug-likeness (QED) is 0.883. The fourth-order valence-corrected chi connectivity index (χ4v) is 2.60. The zero-order valence-corrected chi connectivity index (χ0v) is 14.0. The minimum absolute atomic E-state index is 0.115. The minimum atomic E-state index is -0.212. The Hall–Kier alpha value is -2.47. The summed E-state index contributed by atoms with van der Waals surface area (Å²) in [5, 5.41) is 6.00. The van der Waals surface area contributed by atoms with Gasteiger partial charge in [0.25, 0.3) is 5.91 Å². The smallest absolute Gasteiger partial charge is 0.270 e. The van der Waals surface area contributed by atoms with E-state index in [-0.39, 0.29) is 12.0 Å². The normalized spacial score (nSPS) is 16.8. The van der Waals surface area contributed by atoms with Crippen LogP contribution in [0.3, 0.4) is 0 Å². The summed E-state index contributed by atoms with van der Waals surface area (Å²) >= 11 is 0. The molecule has 0 bridgehead atoms. The molecule has 1 aromatic carbocycles. The van der Waals surface area contributed by atoms with Gasteiger partial charge in [-0.1, -0.05) is 6.07 Å². The highest BCUT2D eigenvalue weighted by atomic mass is 16.5. The largest absolute Gasteiger partial charge is 0.376 e. The molecule has 0 saturated carbocycles. The van der Waals surface area contributed by atoms with Crippen LogP contribution in [0.2, 0.25) is 0 Å². The van der Waals surface area contributed by atoms with Gasteiger partial charge in [0.1, 0.15) is 5.69 Å². The standard InChI is InChI=1S/C18H22N4O2/c1-12-5-6-14(10-13(12)2)21-18-19-8-7-16(22-18)17(23)20-11-15-4-3-9-24-15/h5-8,10,15H,3-4,9,11H2,1-2H3,(H,20,23)(H,19,21,22). The predicted molar refractivity (Wildman–Crippen MR) is 92.5 cm³/mol. The van der Waals surface area contributed by atoms with E-state index in [1.54, 1.807) is 12.3 Å². The number of anilines is 2. The lowest BCUT2D eigenvalue weighted by atomic mass is 10.1. The van der Waals surface area contributed by atoms with E-state index in [0.29, 0.717) is 18.2 Å². The van der Waals surface area contributed by atoms with Crippen molar-refractivity contribution >= 4 is 17.5 Å². The Kier molecular flexibility index (Phi) is 5.05. The molecule has 6 nitrogen and oxygen atoms in total. The first-order valence-corrected chi connectivity index (χ1v) is 8.19. The Bertz CT molecular complexity index is 727. The summed E-state index contributed by atoms with van der Waals surface area (Å²) in [4.78, 5) is 20.7. The third-order valence-corrected chi connectivity index (χ3v) is 4.17. The van der Waals surface area contributed by atoms with E-state index in [1.807, 2.05) is 18.2 Å². The fraction of sp³-hybridized carbons (Fsp3) is 0.389. The average Bonchev–Trinajstić information content (AvgIpc) is 3.10. The molecular weight excluding hydrogens is 304 g/mol. The first-order chi connectivity index (χ1) is 11.6. The third-order valence-electron chi connectivity index (χ3n) is 4.17. The molecule has 1 atom stereocenters. The van der Waals surface area contributed by atoms with Gasteiger partial charge in [-0.15, -0.1) is 0 Å². The number of nitrogens with zero attached hydrogens (tertiary/aromatic N) is 2. The lowest BCUT2D eigenvalue weighted by Gasteiger charge is -2.11. The lowest BCUT2D eigenvalue weighted by molar-refractivity contribution is 0.0853. The summed E-state index contributed by atoms with van der Waals surface area (Å²) in [7, 11) is 0. The molecule has 6 heteroatoms. The lowest BCUT2D eigenvalue weighted by Crippen LogP contribution is -2.32. The number of carbonyl (C=O) groups excluding carboxylic acids is 1. The topological polar surface area (TPSA) is 76.1 Å². The number of hydrogen-bond acceptors (Lipinski definition) is 5. The summed E-state index contributed by atoms with van der Waals surface area (Å²) in [6.07, 6.45) is 3.74. The fourth-order valence-electron chi connectivity index (χ4n) is 2.60. The number of carbonyl (C=O) groups is 1. The number of ether oxygens (including phenoxy) is 1. The van der Waals surface area contributed by atoms with E-state index in [2.05, 4.69) is 34.4 Å². The third kappa shape index (κ3) is 4.08. The highest BCUT2D eigenvalue weighted by Gasteiger charge is 2.17. The molecular formula is C18H22N4O2. The monoisotopic (exact) mass is 326 g/mol. The molecule has 2 heterocycles. The van der Waals surface area contributed by atoms with Gasteiger partial charge < -0.3 is 15.4 Å². The first-order valence-electron chi connectivity index (χ1n) is 8.19. The average molecular weight is 326 g/mol. The Morgan fingerprint density at radius 2 is 2.17 bits per heavy atom. The van der Waals surface area contributed by atoms with Crippen molar-refractivity contribution in [1.29, 1.82) is 0 Å². The zero-order valence-electron chi connectivity index (χ0n) is 14.0. The van der Waals surface area contributed by atoms with Crippen molar-refractivity contribution in [3.05, 3.63) is 47.3 Å². The zero-order chi connectivity index (χ0) is 16.9. The molecule has 1 unspecified atom stereocenters. The van der Waals surface area contributed by atoms with Crippen molar-refractivity contribution in [2.75, 3.05) is 18.5 Å². The van der Waals surface area contributed by atoms with Crippen LogP contribution in [0.25, 0.3) is 0 Å². The maximum atomic E-state index is 12.2. The molecule has 2 aromatic rings. The van der Waals surface area contributed by atoms with Crippen LogP contribution in [0.4, 0.5) is 11.6 Å². The van der Waals surface area contributed by atoms with Gasteiger partial charge in [-0.3, -0.25) is 4.79 Å². The van der Waals surface area contributed by atoms with Gasteiger partial charge in [-0.2, -0.15) is 0 Å². The van der Waals surface area contributed by atoms with Crippen molar-refractivity contribution in [3.8, 4) is 0 Å². The van der Waals surface area contributed by atoms with E-state index in [0.717, 1.165) is 25.1 Å². The molecule has 126 valence electrons. The first kappa shape index (κ1) is 16.4. The van der Waals surface area contributed by atoms with E-state index in [9.17, 15) is 4.79 Å². The van der Waals surface area contributed by atoms with Crippen LogP contribution in [0, 0.1) is 13.8 Å². The molecule has 0 aliphatic carbocycles. The maximum absolute atomic E-state index is 12.2. The Morgan fingerprint density at radius 1 is 1.29 bits per heavy atom. The van der Waals surface area contributed by atoms with Crippen LogP contribution < -0.4 is 10.6 Å². The van der Waals surface area contributed by atoms with Crippen LogP contribution in [-0.2, 0) is 4.74 Å². The second-order valence-corrected chi connectivity index (χ2v) is 6.03. The van der Waals surface area contributed by atoms with Crippen LogP contribution in [0.1, 0.15) is 34.5 Å². The number of hydrogen-bond donors (Lipinski definition) is 2. The number of aryl methyl sites for hydroxylation is 2. The van der Waals surface area contributed by atoms with Gasteiger partial charge in [0.2, 0.25) is 5.95 Å².